The van der Waals surface area contributed by atoms with Crippen LogP contribution in [0, 0.1) is 10.1 Å². The van der Waals surface area contributed by atoms with Crippen LogP contribution in [0.25, 0.3) is 22.6 Å². The molecule has 0 atom stereocenters. The predicted octanol–water partition coefficient (Wildman–Crippen LogP) is 5.22. The zero-order valence-corrected chi connectivity index (χ0v) is 15.6. The molecule has 1 amide bonds. The third-order valence-electron chi connectivity index (χ3n) is 4.57. The van der Waals surface area contributed by atoms with Gasteiger partial charge in [0.2, 0.25) is 5.89 Å². The lowest BCUT2D eigenvalue weighted by molar-refractivity contribution is -0.384. The fourth-order valence-corrected chi connectivity index (χ4v) is 2.98. The van der Waals surface area contributed by atoms with Gasteiger partial charge in [0.1, 0.15) is 5.52 Å². The molecule has 3 aromatic carbocycles. The number of non-ortho nitro benzene ring substituents is 1. The molecule has 1 N–H and O–H groups in total. The molecule has 144 valence electrons. The van der Waals surface area contributed by atoms with Crippen molar-refractivity contribution >= 4 is 28.4 Å². The molecular weight excluding hydrogens is 370 g/mol. The largest absolute Gasteiger partial charge is 0.436 e. The number of nitrogens with one attached hydrogen (secondary N) is 1. The number of benzene rings is 3. The second kappa shape index (κ2) is 7.55. The van der Waals surface area contributed by atoms with Gasteiger partial charge < -0.3 is 9.73 Å². The summed E-state index contributed by atoms with van der Waals surface area (Å²) in [5.41, 5.74) is 4.16. The number of nitrogens with zero attached hydrogens (tertiary/aromatic N) is 2. The molecule has 7 nitrogen and oxygen atoms in total. The maximum atomic E-state index is 12.4. The molecule has 4 aromatic rings. The Labute approximate surface area is 166 Å². The second-order valence-electron chi connectivity index (χ2n) is 6.51. The molecule has 0 radical (unpaired) electrons. The minimum atomic E-state index is -0.532. The van der Waals surface area contributed by atoms with Crippen molar-refractivity contribution < 1.29 is 14.1 Å². The van der Waals surface area contributed by atoms with Crippen LogP contribution < -0.4 is 5.32 Å². The van der Waals surface area contributed by atoms with E-state index < -0.39 is 10.8 Å². The highest BCUT2D eigenvalue weighted by molar-refractivity contribution is 6.04. The Hall–Kier alpha value is -4.00. The molecule has 29 heavy (non-hydrogen) atoms. The van der Waals surface area contributed by atoms with Gasteiger partial charge in [0.25, 0.3) is 11.6 Å². The molecule has 0 bridgehead atoms. The van der Waals surface area contributed by atoms with Crippen LogP contribution in [0.2, 0.25) is 0 Å². The topological polar surface area (TPSA) is 98.3 Å². The summed E-state index contributed by atoms with van der Waals surface area (Å²) in [5.74, 6) is 0.0835. The number of hydrogen-bond acceptors (Lipinski definition) is 5. The Morgan fingerprint density at radius 1 is 1.10 bits per heavy atom. The molecule has 1 heterocycles. The summed E-state index contributed by atoms with van der Waals surface area (Å²) in [6.45, 7) is 2.09. The van der Waals surface area contributed by atoms with Crippen molar-refractivity contribution in [2.45, 2.75) is 13.3 Å². The smallest absolute Gasteiger partial charge is 0.270 e. The summed E-state index contributed by atoms with van der Waals surface area (Å²) < 4.78 is 5.82. The van der Waals surface area contributed by atoms with Crippen molar-refractivity contribution in [1.82, 2.24) is 4.98 Å². The van der Waals surface area contributed by atoms with Gasteiger partial charge in [0.15, 0.2) is 5.58 Å². The molecule has 4 rings (SSSR count). The summed E-state index contributed by atoms with van der Waals surface area (Å²) in [5, 5.41) is 13.6. The standard InChI is InChI=1S/C22H17N3O4/c1-2-14-6-11-20-19(12-14)24-22(29-20)15-7-9-17(10-8-15)23-21(26)16-4-3-5-18(13-16)25(27)28/h3-13H,2H2,1H3,(H,23,26). The molecular formula is C22H17N3O4. The number of nitro groups is 1. The van der Waals surface area contributed by atoms with Crippen molar-refractivity contribution in [1.29, 1.82) is 0 Å². The van der Waals surface area contributed by atoms with Crippen molar-refractivity contribution in [2.24, 2.45) is 0 Å². The first kappa shape index (κ1) is 18.4. The summed E-state index contributed by atoms with van der Waals surface area (Å²) in [7, 11) is 0. The van der Waals surface area contributed by atoms with Crippen LogP contribution in [0.15, 0.2) is 71.1 Å². The Bertz CT molecular complexity index is 1210. The van der Waals surface area contributed by atoms with Crippen molar-refractivity contribution in [3.05, 3.63) is 88.0 Å². The van der Waals surface area contributed by atoms with Crippen LogP contribution in [0.5, 0.6) is 0 Å². The number of carbonyl (C=O) groups is 1. The van der Waals surface area contributed by atoms with Crippen LogP contribution >= 0.6 is 0 Å². The van der Waals surface area contributed by atoms with Gasteiger partial charge in [-0.3, -0.25) is 14.9 Å². The van der Waals surface area contributed by atoms with Crippen LogP contribution in [0.3, 0.4) is 0 Å². The van der Waals surface area contributed by atoms with Crippen molar-refractivity contribution in [2.75, 3.05) is 5.32 Å². The summed E-state index contributed by atoms with van der Waals surface area (Å²) in [6, 6.07) is 18.6. The maximum Gasteiger partial charge on any atom is 0.270 e. The highest BCUT2D eigenvalue weighted by Crippen LogP contribution is 2.26. The fraction of sp³-hybridized carbons (Fsp3) is 0.0909. The summed E-state index contributed by atoms with van der Waals surface area (Å²) in [6.07, 6.45) is 0.928. The molecule has 7 heteroatoms. The third kappa shape index (κ3) is 3.84. The van der Waals surface area contributed by atoms with Gasteiger partial charge in [0, 0.05) is 28.9 Å². The van der Waals surface area contributed by atoms with E-state index in [-0.39, 0.29) is 11.3 Å². The number of nitro benzene ring substituents is 1. The van der Waals surface area contributed by atoms with Gasteiger partial charge in [-0.1, -0.05) is 19.1 Å². The highest BCUT2D eigenvalue weighted by atomic mass is 16.6. The van der Waals surface area contributed by atoms with Gasteiger partial charge in [-0.2, -0.15) is 0 Å². The van der Waals surface area contributed by atoms with E-state index in [1.54, 1.807) is 24.3 Å². The van der Waals surface area contributed by atoms with Gasteiger partial charge in [-0.25, -0.2) is 4.98 Å². The monoisotopic (exact) mass is 387 g/mol. The van der Waals surface area contributed by atoms with E-state index >= 15 is 0 Å². The summed E-state index contributed by atoms with van der Waals surface area (Å²) in [4.78, 5) is 27.2. The van der Waals surface area contributed by atoms with E-state index in [9.17, 15) is 14.9 Å². The van der Waals surface area contributed by atoms with E-state index in [0.29, 0.717) is 11.6 Å². The molecule has 0 aliphatic carbocycles. The zero-order chi connectivity index (χ0) is 20.4. The quantitative estimate of drug-likeness (QED) is 0.374. The van der Waals surface area contributed by atoms with Gasteiger partial charge in [-0.05, 0) is 54.4 Å². The molecule has 0 spiro atoms. The molecule has 0 fully saturated rings. The lowest BCUT2D eigenvalue weighted by Gasteiger charge is -2.05. The second-order valence-corrected chi connectivity index (χ2v) is 6.51. The number of oxazole rings is 1. The number of fused-ring (bicyclic) bond motifs is 1. The van der Waals surface area contributed by atoms with Crippen LogP contribution in [-0.4, -0.2) is 15.8 Å². The Morgan fingerprint density at radius 2 is 1.90 bits per heavy atom. The van der Waals surface area contributed by atoms with Gasteiger partial charge in [0.05, 0.1) is 4.92 Å². The average Bonchev–Trinajstić information content (AvgIpc) is 3.17. The van der Waals surface area contributed by atoms with E-state index in [1.807, 2.05) is 18.2 Å². The van der Waals surface area contributed by atoms with Crippen molar-refractivity contribution in [3.63, 3.8) is 0 Å². The number of aryl methyl sites for hydroxylation is 1. The zero-order valence-electron chi connectivity index (χ0n) is 15.6. The van der Waals surface area contributed by atoms with Crippen LogP contribution in [0.1, 0.15) is 22.8 Å². The fourth-order valence-electron chi connectivity index (χ4n) is 2.98. The Balaban J connectivity index is 1.53. The average molecular weight is 387 g/mol. The normalized spacial score (nSPS) is 10.8. The number of rotatable bonds is 5. The summed E-state index contributed by atoms with van der Waals surface area (Å²) >= 11 is 0. The highest BCUT2D eigenvalue weighted by Gasteiger charge is 2.13. The van der Waals surface area contributed by atoms with E-state index in [1.165, 1.54) is 29.8 Å². The number of hydrogen-bond donors (Lipinski definition) is 1. The minimum absolute atomic E-state index is 0.129. The molecule has 0 aliphatic rings. The molecule has 0 saturated carbocycles. The Morgan fingerprint density at radius 3 is 2.62 bits per heavy atom. The SMILES string of the molecule is CCc1ccc2oc(-c3ccc(NC(=O)c4cccc([N+](=O)[O-])c4)cc3)nc2c1. The van der Waals surface area contributed by atoms with Gasteiger partial charge in [-0.15, -0.1) is 0 Å². The predicted molar refractivity (Wildman–Crippen MR) is 110 cm³/mol. The first-order chi connectivity index (χ1) is 14.0. The number of anilines is 1. The Kier molecular flexibility index (Phi) is 4.78. The first-order valence-corrected chi connectivity index (χ1v) is 9.09. The first-order valence-electron chi connectivity index (χ1n) is 9.09. The van der Waals surface area contributed by atoms with Crippen LogP contribution in [0.4, 0.5) is 11.4 Å². The molecule has 0 saturated heterocycles. The van der Waals surface area contributed by atoms with E-state index in [0.717, 1.165) is 23.1 Å². The van der Waals surface area contributed by atoms with E-state index in [4.69, 9.17) is 4.42 Å². The maximum absolute atomic E-state index is 12.4. The number of aromatic nitrogens is 1. The lowest BCUT2D eigenvalue weighted by Crippen LogP contribution is -2.11. The number of carbonyl (C=O) groups excluding carboxylic acids is 1. The molecule has 1 aromatic heterocycles. The lowest BCUT2D eigenvalue weighted by atomic mass is 10.1. The van der Waals surface area contributed by atoms with Crippen LogP contribution in [-0.2, 0) is 6.42 Å². The molecule has 0 unspecified atom stereocenters. The van der Waals surface area contributed by atoms with E-state index in [2.05, 4.69) is 17.2 Å². The van der Waals surface area contributed by atoms with Crippen molar-refractivity contribution in [3.8, 4) is 11.5 Å². The van der Waals surface area contributed by atoms with Gasteiger partial charge >= 0.3 is 0 Å². The minimum Gasteiger partial charge on any atom is -0.436 e. The number of amides is 1. The third-order valence-corrected chi connectivity index (χ3v) is 4.57. The molecule has 0 aliphatic heterocycles.